The van der Waals surface area contributed by atoms with E-state index in [9.17, 15) is 17.6 Å². The van der Waals surface area contributed by atoms with E-state index in [-0.39, 0.29) is 17.2 Å². The van der Waals surface area contributed by atoms with Crippen LogP contribution < -0.4 is 4.18 Å². The predicted octanol–water partition coefficient (Wildman–Crippen LogP) is 4.00. The Morgan fingerprint density at radius 1 is 1.14 bits per heavy atom. The third kappa shape index (κ3) is 5.10. The van der Waals surface area contributed by atoms with Crippen LogP contribution in [0.5, 0.6) is 5.75 Å². The average molecular weight is 405 g/mol. The van der Waals surface area contributed by atoms with E-state index in [1.165, 1.54) is 12.1 Å². The van der Waals surface area contributed by atoms with Crippen LogP contribution in [-0.4, -0.2) is 31.0 Å². The van der Waals surface area contributed by atoms with Crippen molar-refractivity contribution in [1.82, 2.24) is 4.90 Å². The molecule has 0 spiro atoms. The van der Waals surface area contributed by atoms with Crippen molar-refractivity contribution in [3.05, 3.63) is 65.5 Å². The van der Waals surface area contributed by atoms with Crippen molar-refractivity contribution in [3.8, 4) is 5.75 Å². The van der Waals surface area contributed by atoms with Crippen molar-refractivity contribution in [1.29, 1.82) is 0 Å². The van der Waals surface area contributed by atoms with Gasteiger partial charge in [0.1, 0.15) is 11.6 Å². The minimum absolute atomic E-state index is 0.0612. The lowest BCUT2D eigenvalue weighted by Crippen LogP contribution is -2.33. The summed E-state index contributed by atoms with van der Waals surface area (Å²) in [6, 6.07) is 12.6. The molecule has 5 nitrogen and oxygen atoms in total. The largest absolute Gasteiger partial charge is 0.382 e. The van der Waals surface area contributed by atoms with Crippen molar-refractivity contribution in [2.45, 2.75) is 38.5 Å². The zero-order valence-corrected chi connectivity index (χ0v) is 16.8. The lowest BCUT2D eigenvalue weighted by molar-refractivity contribution is 0.0730. The first-order valence-electron chi connectivity index (χ1n) is 9.32. The summed E-state index contributed by atoms with van der Waals surface area (Å²) < 4.78 is 42.8. The Labute approximate surface area is 165 Å². The molecule has 0 unspecified atom stereocenters. The van der Waals surface area contributed by atoms with Crippen LogP contribution in [0.3, 0.4) is 0 Å². The Morgan fingerprint density at radius 3 is 2.36 bits per heavy atom. The SMILES string of the molecule is CC(C)S(=O)(=O)Oc1ccc(CN(CC2CC2)C(=O)c2ccccc2F)cc1. The highest BCUT2D eigenvalue weighted by Crippen LogP contribution is 2.31. The zero-order valence-electron chi connectivity index (χ0n) is 16.0. The number of hydrogen-bond donors (Lipinski definition) is 0. The molecule has 0 radical (unpaired) electrons. The summed E-state index contributed by atoms with van der Waals surface area (Å²) in [7, 11) is -3.66. The summed E-state index contributed by atoms with van der Waals surface area (Å²) in [5.74, 6) is -0.190. The highest BCUT2D eigenvalue weighted by atomic mass is 32.2. The molecule has 3 rings (SSSR count). The number of nitrogens with zero attached hydrogens (tertiary/aromatic N) is 1. The van der Waals surface area contributed by atoms with Crippen molar-refractivity contribution < 1.29 is 21.8 Å². The number of halogens is 1. The second-order valence-electron chi connectivity index (χ2n) is 7.38. The molecule has 0 aliphatic heterocycles. The van der Waals surface area contributed by atoms with Gasteiger partial charge in [-0.2, -0.15) is 8.42 Å². The standard InChI is InChI=1S/C21H24FNO4S/c1-15(2)28(25,26)27-18-11-9-17(10-12-18)14-23(13-16-7-8-16)21(24)19-5-3-4-6-20(19)22/h3-6,9-12,15-16H,7-8,13-14H2,1-2H3. The van der Waals surface area contributed by atoms with Gasteiger partial charge in [-0.3, -0.25) is 4.79 Å². The Morgan fingerprint density at radius 2 is 1.79 bits per heavy atom. The van der Waals surface area contributed by atoms with E-state index in [1.54, 1.807) is 55.1 Å². The van der Waals surface area contributed by atoms with E-state index >= 15 is 0 Å². The smallest absolute Gasteiger partial charge is 0.311 e. The summed E-state index contributed by atoms with van der Waals surface area (Å²) in [5, 5.41) is -0.639. The molecule has 0 saturated heterocycles. The summed E-state index contributed by atoms with van der Waals surface area (Å²) in [6.07, 6.45) is 2.14. The molecule has 2 aromatic carbocycles. The highest BCUT2D eigenvalue weighted by Gasteiger charge is 2.28. The molecule has 1 aliphatic carbocycles. The van der Waals surface area contributed by atoms with Crippen LogP contribution in [0.1, 0.15) is 42.6 Å². The second-order valence-corrected chi connectivity index (χ2v) is 9.47. The van der Waals surface area contributed by atoms with Gasteiger partial charge in [-0.1, -0.05) is 24.3 Å². The van der Waals surface area contributed by atoms with Gasteiger partial charge in [-0.05, 0) is 62.4 Å². The van der Waals surface area contributed by atoms with Crippen LogP contribution in [0.25, 0.3) is 0 Å². The minimum atomic E-state index is -3.66. The lowest BCUT2D eigenvalue weighted by atomic mass is 10.1. The van der Waals surface area contributed by atoms with Gasteiger partial charge in [0.05, 0.1) is 10.8 Å². The van der Waals surface area contributed by atoms with Crippen molar-refractivity contribution in [3.63, 3.8) is 0 Å². The number of hydrogen-bond acceptors (Lipinski definition) is 4. The van der Waals surface area contributed by atoms with E-state index in [0.29, 0.717) is 19.0 Å². The highest BCUT2D eigenvalue weighted by molar-refractivity contribution is 7.87. The molecule has 1 saturated carbocycles. The molecule has 150 valence electrons. The molecule has 0 N–H and O–H groups in total. The van der Waals surface area contributed by atoms with Crippen LogP contribution in [0.4, 0.5) is 4.39 Å². The lowest BCUT2D eigenvalue weighted by Gasteiger charge is -2.23. The van der Waals surface area contributed by atoms with Gasteiger partial charge in [0, 0.05) is 13.1 Å². The molecule has 1 fully saturated rings. The fourth-order valence-electron chi connectivity index (χ4n) is 2.74. The number of rotatable bonds is 8. The van der Waals surface area contributed by atoms with Crippen LogP contribution in [0.2, 0.25) is 0 Å². The summed E-state index contributed by atoms with van der Waals surface area (Å²) in [4.78, 5) is 14.5. The van der Waals surface area contributed by atoms with Crippen molar-refractivity contribution >= 4 is 16.0 Å². The molecule has 1 aliphatic rings. The number of carbonyl (C=O) groups excluding carboxylic acids is 1. The third-order valence-corrected chi connectivity index (χ3v) is 6.23. The molecule has 0 aromatic heterocycles. The number of carbonyl (C=O) groups is 1. The normalized spacial score (nSPS) is 14.1. The van der Waals surface area contributed by atoms with Gasteiger partial charge < -0.3 is 9.08 Å². The van der Waals surface area contributed by atoms with E-state index in [1.807, 2.05) is 0 Å². The Kier molecular flexibility index (Phi) is 6.03. The molecule has 0 atom stereocenters. The van der Waals surface area contributed by atoms with Crippen molar-refractivity contribution in [2.75, 3.05) is 6.54 Å². The van der Waals surface area contributed by atoms with Gasteiger partial charge in [0.25, 0.3) is 5.91 Å². The third-order valence-electron chi connectivity index (χ3n) is 4.65. The van der Waals surface area contributed by atoms with Crippen LogP contribution in [0.15, 0.2) is 48.5 Å². The van der Waals surface area contributed by atoms with E-state index in [0.717, 1.165) is 18.4 Å². The first-order valence-corrected chi connectivity index (χ1v) is 10.8. The van der Waals surface area contributed by atoms with Gasteiger partial charge >= 0.3 is 10.1 Å². The maximum atomic E-state index is 14.0. The average Bonchev–Trinajstić information content (AvgIpc) is 3.46. The topological polar surface area (TPSA) is 63.7 Å². The predicted molar refractivity (Wildman–Crippen MR) is 105 cm³/mol. The first-order chi connectivity index (χ1) is 13.3. The maximum Gasteiger partial charge on any atom is 0.311 e. The van der Waals surface area contributed by atoms with Crippen LogP contribution in [0, 0.1) is 11.7 Å². The maximum absolute atomic E-state index is 14.0. The minimum Gasteiger partial charge on any atom is -0.382 e. The van der Waals surface area contributed by atoms with E-state index < -0.39 is 21.2 Å². The molecule has 2 aromatic rings. The number of benzene rings is 2. The van der Waals surface area contributed by atoms with Gasteiger partial charge in [-0.15, -0.1) is 0 Å². The molecule has 7 heteroatoms. The van der Waals surface area contributed by atoms with Crippen LogP contribution >= 0.6 is 0 Å². The van der Waals surface area contributed by atoms with Crippen LogP contribution in [-0.2, 0) is 16.7 Å². The molecule has 1 amide bonds. The summed E-state index contributed by atoms with van der Waals surface area (Å²) in [6.45, 7) is 4.00. The van der Waals surface area contributed by atoms with Crippen molar-refractivity contribution in [2.24, 2.45) is 5.92 Å². The van der Waals surface area contributed by atoms with Gasteiger partial charge in [0.2, 0.25) is 0 Å². The first kappa shape index (κ1) is 20.3. The van der Waals surface area contributed by atoms with Gasteiger partial charge in [-0.25, -0.2) is 4.39 Å². The zero-order chi connectivity index (χ0) is 20.3. The molecule has 0 heterocycles. The molecule has 0 bridgehead atoms. The fourth-order valence-corrected chi connectivity index (χ4v) is 3.31. The fraction of sp³-hybridized carbons (Fsp3) is 0.381. The molecular formula is C21H24FNO4S. The second kappa shape index (κ2) is 8.31. The molecular weight excluding hydrogens is 381 g/mol. The van der Waals surface area contributed by atoms with Gasteiger partial charge in [0.15, 0.2) is 0 Å². The monoisotopic (exact) mass is 405 g/mol. The number of amides is 1. The Bertz CT molecular complexity index is 937. The summed E-state index contributed by atoms with van der Waals surface area (Å²) in [5.41, 5.74) is 0.880. The molecule has 28 heavy (non-hydrogen) atoms. The van der Waals surface area contributed by atoms with E-state index in [2.05, 4.69) is 0 Å². The summed E-state index contributed by atoms with van der Waals surface area (Å²) >= 11 is 0. The quantitative estimate of drug-likeness (QED) is 0.623. The Balaban J connectivity index is 1.74. The van der Waals surface area contributed by atoms with E-state index in [4.69, 9.17) is 4.18 Å². The Hall–Kier alpha value is -2.41.